The van der Waals surface area contributed by atoms with Crippen molar-refractivity contribution < 1.29 is 14.6 Å². The minimum absolute atomic E-state index is 0.0446. The number of aryl methyl sites for hydroxylation is 2. The van der Waals surface area contributed by atoms with Gasteiger partial charge >= 0.3 is 0 Å². The van der Waals surface area contributed by atoms with Crippen molar-refractivity contribution in [3.8, 4) is 5.75 Å². The third-order valence-electron chi connectivity index (χ3n) is 8.23. The van der Waals surface area contributed by atoms with E-state index in [1.807, 2.05) is 0 Å². The number of benzene rings is 2. The predicted octanol–water partition coefficient (Wildman–Crippen LogP) is 4.79. The second-order valence-corrected chi connectivity index (χ2v) is 10.9. The molecule has 2 heterocycles. The van der Waals surface area contributed by atoms with E-state index in [1.165, 1.54) is 28.7 Å². The molecule has 0 aromatic heterocycles. The maximum absolute atomic E-state index is 12.7. The van der Waals surface area contributed by atoms with Gasteiger partial charge in [0.2, 0.25) is 5.91 Å². The Hall–Kier alpha value is -2.37. The number of carbonyl (C=O) groups excluding carboxylic acids is 1. The Bertz CT molecular complexity index is 1030. The van der Waals surface area contributed by atoms with Crippen LogP contribution in [0.5, 0.6) is 5.75 Å². The fourth-order valence-corrected chi connectivity index (χ4v) is 5.92. The van der Waals surface area contributed by atoms with E-state index in [0.29, 0.717) is 19.4 Å². The largest absolute Gasteiger partial charge is 0.487 e. The van der Waals surface area contributed by atoms with Crippen molar-refractivity contribution in [2.45, 2.75) is 101 Å². The molecule has 2 aromatic carbocycles. The molecular formula is C30H40N2O3. The number of carbonyl (C=O) groups is 1. The van der Waals surface area contributed by atoms with Crippen molar-refractivity contribution in [2.24, 2.45) is 0 Å². The van der Waals surface area contributed by atoms with Crippen LogP contribution in [0.15, 0.2) is 42.5 Å². The van der Waals surface area contributed by atoms with E-state index in [2.05, 4.69) is 60.0 Å². The molecule has 35 heavy (non-hydrogen) atoms. The summed E-state index contributed by atoms with van der Waals surface area (Å²) < 4.78 is 6.47. The smallest absolute Gasteiger partial charge is 0.220 e. The van der Waals surface area contributed by atoms with Gasteiger partial charge in [0.25, 0.3) is 0 Å². The summed E-state index contributed by atoms with van der Waals surface area (Å²) in [6, 6.07) is 15.0. The summed E-state index contributed by atoms with van der Waals surface area (Å²) in [7, 11) is 0. The fourth-order valence-electron chi connectivity index (χ4n) is 5.92. The van der Waals surface area contributed by atoms with E-state index in [1.54, 1.807) is 0 Å². The molecule has 2 aromatic rings. The van der Waals surface area contributed by atoms with E-state index in [9.17, 15) is 9.90 Å². The molecular weight excluding hydrogens is 436 g/mol. The first-order valence-electron chi connectivity index (χ1n) is 13.6. The summed E-state index contributed by atoms with van der Waals surface area (Å²) >= 11 is 0. The van der Waals surface area contributed by atoms with Gasteiger partial charge in [0.15, 0.2) is 0 Å². The molecule has 0 saturated heterocycles. The van der Waals surface area contributed by atoms with Gasteiger partial charge in [-0.15, -0.1) is 0 Å². The monoisotopic (exact) mass is 476 g/mol. The van der Waals surface area contributed by atoms with Crippen LogP contribution in [0.3, 0.4) is 0 Å². The Morgan fingerprint density at radius 2 is 1.91 bits per heavy atom. The van der Waals surface area contributed by atoms with Crippen LogP contribution >= 0.6 is 0 Å². The van der Waals surface area contributed by atoms with Crippen LogP contribution < -0.4 is 15.4 Å². The molecule has 3 atom stereocenters. The molecule has 0 unspecified atom stereocenters. The highest BCUT2D eigenvalue weighted by Crippen LogP contribution is 2.49. The second kappa shape index (κ2) is 10.7. The van der Waals surface area contributed by atoms with Crippen molar-refractivity contribution >= 4 is 5.91 Å². The van der Waals surface area contributed by atoms with Crippen molar-refractivity contribution in [2.75, 3.05) is 6.54 Å². The number of ether oxygens (including phenoxy) is 1. The van der Waals surface area contributed by atoms with E-state index in [-0.39, 0.29) is 23.6 Å². The van der Waals surface area contributed by atoms with Crippen molar-refractivity contribution in [1.29, 1.82) is 0 Å². The van der Waals surface area contributed by atoms with Gasteiger partial charge in [0, 0.05) is 31.0 Å². The van der Waals surface area contributed by atoms with Crippen molar-refractivity contribution in [1.82, 2.24) is 10.6 Å². The number of aliphatic hydroxyl groups is 1. The third-order valence-corrected chi connectivity index (χ3v) is 8.23. The molecule has 1 saturated carbocycles. The number of rotatable bonds is 5. The summed E-state index contributed by atoms with van der Waals surface area (Å²) in [6.07, 6.45) is 9.92. The van der Waals surface area contributed by atoms with Gasteiger partial charge in [0.1, 0.15) is 11.4 Å². The number of nitrogens with one attached hydrogen (secondary N) is 2. The second-order valence-electron chi connectivity index (χ2n) is 10.9. The average molecular weight is 477 g/mol. The van der Waals surface area contributed by atoms with E-state index in [0.717, 1.165) is 57.1 Å². The molecule has 1 amide bonds. The van der Waals surface area contributed by atoms with Gasteiger partial charge in [-0.05, 0) is 74.1 Å². The molecule has 5 rings (SSSR count). The Kier molecular flexibility index (Phi) is 7.45. The van der Waals surface area contributed by atoms with Gasteiger partial charge in [-0.1, -0.05) is 49.7 Å². The van der Waals surface area contributed by atoms with Gasteiger partial charge in [-0.2, -0.15) is 0 Å². The Morgan fingerprint density at radius 1 is 1.09 bits per heavy atom. The van der Waals surface area contributed by atoms with Crippen LogP contribution in [0, 0.1) is 0 Å². The summed E-state index contributed by atoms with van der Waals surface area (Å²) in [5, 5.41) is 18.1. The number of amides is 1. The molecule has 1 spiro atoms. The Morgan fingerprint density at radius 3 is 2.71 bits per heavy atom. The maximum Gasteiger partial charge on any atom is 0.220 e. The number of hydrogen-bond acceptors (Lipinski definition) is 4. The topological polar surface area (TPSA) is 70.6 Å². The molecule has 5 nitrogen and oxygen atoms in total. The minimum Gasteiger partial charge on any atom is -0.487 e. The Labute approximate surface area is 209 Å². The SMILES string of the molecule is CCc1ccc2c(c1)[C@@H](NC[C@@H](O)[C@@H]1Cc3cccc(c3)CCCCCC(=O)N1)CC1(CCC1)O2. The average Bonchev–Trinajstić information content (AvgIpc) is 2.84. The lowest BCUT2D eigenvalue weighted by Crippen LogP contribution is -2.52. The lowest BCUT2D eigenvalue weighted by Gasteiger charge is -2.48. The zero-order chi connectivity index (χ0) is 24.3. The quantitative estimate of drug-likeness (QED) is 0.580. The van der Waals surface area contributed by atoms with E-state index >= 15 is 0 Å². The Balaban J connectivity index is 1.31. The number of fused-ring (bicyclic) bond motifs is 3. The van der Waals surface area contributed by atoms with Gasteiger partial charge in [-0.3, -0.25) is 4.79 Å². The lowest BCUT2D eigenvalue weighted by molar-refractivity contribution is -0.122. The van der Waals surface area contributed by atoms with Crippen molar-refractivity contribution in [3.05, 3.63) is 64.7 Å². The molecule has 5 heteroatoms. The highest BCUT2D eigenvalue weighted by Gasteiger charge is 2.45. The molecule has 3 N–H and O–H groups in total. The zero-order valence-corrected chi connectivity index (χ0v) is 21.0. The van der Waals surface area contributed by atoms with Gasteiger partial charge in [-0.25, -0.2) is 0 Å². The highest BCUT2D eigenvalue weighted by atomic mass is 16.5. The number of aliphatic hydroxyl groups excluding tert-OH is 1. The van der Waals surface area contributed by atoms with Crippen LogP contribution in [-0.2, 0) is 24.1 Å². The minimum atomic E-state index is -0.677. The van der Waals surface area contributed by atoms with Crippen LogP contribution in [0.2, 0.25) is 0 Å². The molecule has 1 fully saturated rings. The fraction of sp³-hybridized carbons (Fsp3) is 0.567. The van der Waals surface area contributed by atoms with Crippen LogP contribution in [0.25, 0.3) is 0 Å². The van der Waals surface area contributed by atoms with E-state index < -0.39 is 6.10 Å². The molecule has 2 bridgehead atoms. The normalized spacial score (nSPS) is 24.7. The summed E-state index contributed by atoms with van der Waals surface area (Å²) in [6.45, 7) is 2.60. The standard InChI is InChI=1S/C30H40N2O3/c1-2-21-12-13-28-24(17-21)26(19-30(35-28)14-7-15-30)31-20-27(33)25-18-23-10-6-9-22(16-23)8-4-3-5-11-29(34)32-25/h6,9-10,12-13,16-17,25-27,31,33H,2-5,7-8,11,14-15,18-20H2,1H3,(H,32,34)/t25-,26-,27+/m0/s1. The van der Waals surface area contributed by atoms with E-state index in [4.69, 9.17) is 4.74 Å². The summed E-state index contributed by atoms with van der Waals surface area (Å²) in [5.41, 5.74) is 4.95. The molecule has 3 aliphatic rings. The van der Waals surface area contributed by atoms with Crippen LogP contribution in [0.1, 0.15) is 86.6 Å². The molecule has 1 aliphatic carbocycles. The summed E-state index contributed by atoms with van der Waals surface area (Å²) in [4.78, 5) is 12.7. The van der Waals surface area contributed by atoms with Gasteiger partial charge in [0.05, 0.1) is 12.1 Å². The highest BCUT2D eigenvalue weighted by molar-refractivity contribution is 5.76. The third kappa shape index (κ3) is 5.73. The molecule has 2 aliphatic heterocycles. The summed E-state index contributed by atoms with van der Waals surface area (Å²) in [5.74, 6) is 1.03. The first-order valence-corrected chi connectivity index (χ1v) is 13.6. The predicted molar refractivity (Wildman–Crippen MR) is 139 cm³/mol. The first-order chi connectivity index (χ1) is 17.0. The van der Waals surface area contributed by atoms with Gasteiger partial charge < -0.3 is 20.5 Å². The number of hydrogen-bond donors (Lipinski definition) is 3. The maximum atomic E-state index is 12.7. The van der Waals surface area contributed by atoms with Crippen LogP contribution in [0.4, 0.5) is 0 Å². The lowest BCUT2D eigenvalue weighted by atomic mass is 9.72. The zero-order valence-electron chi connectivity index (χ0n) is 21.0. The van der Waals surface area contributed by atoms with Crippen molar-refractivity contribution in [3.63, 3.8) is 0 Å². The van der Waals surface area contributed by atoms with Crippen LogP contribution in [-0.4, -0.2) is 35.3 Å². The molecule has 0 radical (unpaired) electrons. The molecule has 188 valence electrons. The first kappa shape index (κ1) is 24.3.